The molecule has 0 heterocycles. The van der Waals surface area contributed by atoms with E-state index in [0.29, 0.717) is 0 Å². The van der Waals surface area contributed by atoms with E-state index < -0.39 is 0 Å². The zero-order valence-corrected chi connectivity index (χ0v) is 7.47. The highest BCUT2D eigenvalue weighted by atomic mass is 16.1. The minimum atomic E-state index is -0.276. The molecule has 0 fully saturated rings. The first-order valence-electron chi connectivity index (χ1n) is 4.42. The molecule has 1 amide bonds. The lowest BCUT2D eigenvalue weighted by atomic mass is 9.95. The van der Waals surface area contributed by atoms with Gasteiger partial charge in [0.1, 0.15) is 0 Å². The van der Waals surface area contributed by atoms with Gasteiger partial charge in [0.05, 0.1) is 0 Å². The molecule has 66 valence electrons. The Morgan fingerprint density at radius 3 is 2.67 bits per heavy atom. The van der Waals surface area contributed by atoms with Crippen molar-refractivity contribution in [2.45, 2.75) is 32.6 Å². The van der Waals surface area contributed by atoms with Crippen LogP contribution in [-0.2, 0) is 4.79 Å². The van der Waals surface area contributed by atoms with Crippen LogP contribution in [0.1, 0.15) is 32.6 Å². The Balaban J connectivity index is 2.60. The summed E-state index contributed by atoms with van der Waals surface area (Å²) in [7, 11) is 0. The van der Waals surface area contributed by atoms with Gasteiger partial charge in [-0.3, -0.25) is 4.79 Å². The number of rotatable bonds is 3. The van der Waals surface area contributed by atoms with Gasteiger partial charge in [0.15, 0.2) is 0 Å². The summed E-state index contributed by atoms with van der Waals surface area (Å²) in [4.78, 5) is 10.7. The molecule has 0 radical (unpaired) electrons. The van der Waals surface area contributed by atoms with E-state index in [1.54, 1.807) is 0 Å². The normalized spacial score (nSPS) is 16.8. The molecule has 1 aliphatic carbocycles. The summed E-state index contributed by atoms with van der Waals surface area (Å²) in [5, 5.41) is 0. The van der Waals surface area contributed by atoms with Gasteiger partial charge >= 0.3 is 0 Å². The highest BCUT2D eigenvalue weighted by Gasteiger charge is 2.09. The van der Waals surface area contributed by atoms with Gasteiger partial charge in [0, 0.05) is 5.57 Å². The molecule has 2 N–H and O–H groups in total. The quantitative estimate of drug-likeness (QED) is 0.682. The van der Waals surface area contributed by atoms with Gasteiger partial charge in [-0.05, 0) is 19.3 Å². The highest BCUT2D eigenvalue weighted by molar-refractivity contribution is 5.92. The van der Waals surface area contributed by atoms with E-state index in [2.05, 4.69) is 6.92 Å². The molecule has 0 bridgehead atoms. The second-order valence-corrected chi connectivity index (χ2v) is 3.13. The Kier molecular flexibility index (Phi) is 3.09. The molecule has 2 heteroatoms. The molecular formula is C10H15NO. The third-order valence-electron chi connectivity index (χ3n) is 2.12. The number of carbonyl (C=O) groups excluding carboxylic acids is 1. The standard InChI is InChI=1S/C10H15NO/c1-2-3-8-4-6-9(7-5-8)10(11)12/h4,6H,2-3,5,7H2,1H3,(H2,11,12). The summed E-state index contributed by atoms with van der Waals surface area (Å²) >= 11 is 0. The first-order chi connectivity index (χ1) is 5.74. The molecule has 0 saturated heterocycles. The number of nitrogens with two attached hydrogens (primary N) is 1. The maximum absolute atomic E-state index is 10.7. The van der Waals surface area contributed by atoms with E-state index in [4.69, 9.17) is 5.73 Å². The molecule has 0 aromatic carbocycles. The summed E-state index contributed by atoms with van der Waals surface area (Å²) in [5.41, 5.74) is 7.34. The van der Waals surface area contributed by atoms with E-state index in [1.807, 2.05) is 12.2 Å². The number of primary amides is 1. The Morgan fingerprint density at radius 1 is 1.50 bits per heavy atom. The molecular weight excluding hydrogens is 150 g/mol. The Hall–Kier alpha value is -1.05. The smallest absolute Gasteiger partial charge is 0.244 e. The molecule has 2 nitrogen and oxygen atoms in total. The lowest BCUT2D eigenvalue weighted by Gasteiger charge is -2.11. The van der Waals surface area contributed by atoms with Crippen LogP contribution in [0.3, 0.4) is 0 Å². The van der Waals surface area contributed by atoms with Crippen LogP contribution < -0.4 is 5.73 Å². The molecule has 0 spiro atoms. The zero-order chi connectivity index (χ0) is 8.97. The van der Waals surface area contributed by atoms with E-state index in [0.717, 1.165) is 24.8 Å². The van der Waals surface area contributed by atoms with Crippen LogP contribution in [0.15, 0.2) is 23.3 Å². The van der Waals surface area contributed by atoms with Gasteiger partial charge in [0.25, 0.3) is 0 Å². The van der Waals surface area contributed by atoms with E-state index in [1.165, 1.54) is 12.0 Å². The number of hydrogen-bond donors (Lipinski definition) is 1. The number of hydrogen-bond acceptors (Lipinski definition) is 1. The molecule has 0 saturated carbocycles. The average molecular weight is 165 g/mol. The van der Waals surface area contributed by atoms with Crippen molar-refractivity contribution < 1.29 is 4.79 Å². The first-order valence-corrected chi connectivity index (χ1v) is 4.42. The molecule has 0 unspecified atom stereocenters. The van der Waals surface area contributed by atoms with Crippen molar-refractivity contribution in [3.63, 3.8) is 0 Å². The van der Waals surface area contributed by atoms with Crippen LogP contribution in [0.25, 0.3) is 0 Å². The van der Waals surface area contributed by atoms with E-state index >= 15 is 0 Å². The SMILES string of the molecule is CCCC1=CC=C(C(N)=O)CC1. The number of amides is 1. The number of carbonyl (C=O) groups is 1. The lowest BCUT2D eigenvalue weighted by molar-refractivity contribution is -0.114. The zero-order valence-electron chi connectivity index (χ0n) is 7.47. The molecule has 1 rings (SSSR count). The molecule has 0 atom stereocenters. The van der Waals surface area contributed by atoms with Gasteiger partial charge in [-0.25, -0.2) is 0 Å². The van der Waals surface area contributed by atoms with Gasteiger partial charge in [-0.15, -0.1) is 0 Å². The molecule has 12 heavy (non-hydrogen) atoms. The third kappa shape index (κ3) is 2.22. The van der Waals surface area contributed by atoms with Crippen molar-refractivity contribution in [2.75, 3.05) is 0 Å². The van der Waals surface area contributed by atoms with Crippen LogP contribution in [0.2, 0.25) is 0 Å². The van der Waals surface area contributed by atoms with Gasteiger partial charge in [-0.1, -0.05) is 31.1 Å². The minimum absolute atomic E-state index is 0.276. The molecule has 0 aromatic rings. The minimum Gasteiger partial charge on any atom is -0.366 e. The maximum Gasteiger partial charge on any atom is 0.244 e. The van der Waals surface area contributed by atoms with Crippen LogP contribution in [0.5, 0.6) is 0 Å². The van der Waals surface area contributed by atoms with Gasteiger partial charge in [0.2, 0.25) is 5.91 Å². The summed E-state index contributed by atoms with van der Waals surface area (Å²) in [6.45, 7) is 2.16. The van der Waals surface area contributed by atoms with Crippen LogP contribution in [0.4, 0.5) is 0 Å². The summed E-state index contributed by atoms with van der Waals surface area (Å²) in [5.74, 6) is -0.276. The lowest BCUT2D eigenvalue weighted by Crippen LogP contribution is -2.15. The largest absolute Gasteiger partial charge is 0.366 e. The average Bonchev–Trinajstić information content (AvgIpc) is 2.06. The highest BCUT2D eigenvalue weighted by Crippen LogP contribution is 2.21. The molecule has 1 aliphatic rings. The topological polar surface area (TPSA) is 43.1 Å². The summed E-state index contributed by atoms with van der Waals surface area (Å²) in [6, 6.07) is 0. The third-order valence-corrected chi connectivity index (χ3v) is 2.12. The van der Waals surface area contributed by atoms with Crippen LogP contribution in [-0.4, -0.2) is 5.91 Å². The van der Waals surface area contributed by atoms with Crippen molar-refractivity contribution in [3.05, 3.63) is 23.3 Å². The molecule has 0 aromatic heterocycles. The number of allylic oxidation sites excluding steroid dienone is 3. The van der Waals surface area contributed by atoms with E-state index in [9.17, 15) is 4.79 Å². The monoisotopic (exact) mass is 165 g/mol. The van der Waals surface area contributed by atoms with Crippen molar-refractivity contribution in [2.24, 2.45) is 5.73 Å². The maximum atomic E-state index is 10.7. The second-order valence-electron chi connectivity index (χ2n) is 3.13. The van der Waals surface area contributed by atoms with Gasteiger partial charge in [-0.2, -0.15) is 0 Å². The van der Waals surface area contributed by atoms with Crippen molar-refractivity contribution >= 4 is 5.91 Å². The van der Waals surface area contributed by atoms with Crippen LogP contribution >= 0.6 is 0 Å². The second kappa shape index (κ2) is 4.10. The first kappa shape index (κ1) is 9.04. The van der Waals surface area contributed by atoms with Crippen molar-refractivity contribution in [3.8, 4) is 0 Å². The Morgan fingerprint density at radius 2 is 2.25 bits per heavy atom. The fourth-order valence-electron chi connectivity index (χ4n) is 1.42. The predicted molar refractivity (Wildman–Crippen MR) is 49.5 cm³/mol. The summed E-state index contributed by atoms with van der Waals surface area (Å²) < 4.78 is 0. The van der Waals surface area contributed by atoms with Crippen molar-refractivity contribution in [1.29, 1.82) is 0 Å². The fraction of sp³-hybridized carbons (Fsp3) is 0.500. The van der Waals surface area contributed by atoms with Crippen molar-refractivity contribution in [1.82, 2.24) is 0 Å². The van der Waals surface area contributed by atoms with Crippen LogP contribution in [0, 0.1) is 0 Å². The Bertz CT molecular complexity index is 238. The Labute approximate surface area is 73.1 Å². The van der Waals surface area contributed by atoms with E-state index in [-0.39, 0.29) is 5.91 Å². The predicted octanol–water partition coefficient (Wildman–Crippen LogP) is 1.92. The summed E-state index contributed by atoms with van der Waals surface area (Å²) in [6.07, 6.45) is 8.03. The molecule has 0 aliphatic heterocycles. The van der Waals surface area contributed by atoms with Gasteiger partial charge < -0.3 is 5.73 Å². The fourth-order valence-corrected chi connectivity index (χ4v) is 1.42.